The quantitative estimate of drug-likeness (QED) is 0.239. The lowest BCUT2D eigenvalue weighted by Crippen LogP contribution is -2.63. The van der Waals surface area contributed by atoms with Gasteiger partial charge in [0.15, 0.2) is 11.4 Å². The summed E-state index contributed by atoms with van der Waals surface area (Å²) in [5, 5.41) is 46.0. The summed E-state index contributed by atoms with van der Waals surface area (Å²) in [7, 11) is 6.96. The van der Waals surface area contributed by atoms with Gasteiger partial charge in [-0.3, -0.25) is 24.2 Å². The number of hydrogen-bond acceptors (Lipinski definition) is 10. The van der Waals surface area contributed by atoms with Crippen molar-refractivity contribution in [2.45, 2.75) is 70.6 Å². The molecule has 0 aromatic heterocycles. The standard InChI is InChI=1S/C32H46N4O7/c1-7-9-11-36(12-10-8-2)16-18-15-21(34(3)4)19-13-17-14-20-25(35(5)6)28(39)24(31(33)42)30(41)32(20,43)29(40)22(17)27(38)23(19)26(18)37/h15,17,20,25,37,39-40,43H,7-14,16H2,1-6H3,(H2,33,42)/t17-,20-,25-,32-/m0/s1. The fourth-order valence-electron chi connectivity index (χ4n) is 7.15. The second kappa shape index (κ2) is 12.3. The molecular weight excluding hydrogens is 552 g/mol. The number of benzene rings is 1. The number of ketones is 2. The maximum atomic E-state index is 14.3. The van der Waals surface area contributed by atoms with E-state index < -0.39 is 58.0 Å². The normalized spacial score (nSPS) is 25.3. The third-order valence-electron chi connectivity index (χ3n) is 9.31. The number of phenols is 1. The number of rotatable bonds is 11. The predicted octanol–water partition coefficient (Wildman–Crippen LogP) is 2.59. The molecule has 3 aliphatic carbocycles. The van der Waals surface area contributed by atoms with Gasteiger partial charge in [-0.1, -0.05) is 26.7 Å². The summed E-state index contributed by atoms with van der Waals surface area (Å²) in [6, 6.07) is 0.896. The molecule has 4 atom stereocenters. The highest BCUT2D eigenvalue weighted by Crippen LogP contribution is 2.53. The lowest BCUT2D eigenvalue weighted by molar-refractivity contribution is -0.148. The van der Waals surface area contributed by atoms with E-state index in [-0.39, 0.29) is 29.7 Å². The fourth-order valence-corrected chi connectivity index (χ4v) is 7.15. The van der Waals surface area contributed by atoms with Crippen molar-refractivity contribution in [2.75, 3.05) is 46.2 Å². The number of Topliss-reactive ketones (excluding diaryl/α,β-unsaturated/α-hetero) is 2. The molecule has 0 saturated heterocycles. The number of allylic oxidation sites excluding steroid dienone is 1. The SMILES string of the molecule is CCCCN(CCCC)Cc1cc(N(C)C)c2c(c1O)C(=O)C1=C(O)[C@]3(O)C(=O)C(C(N)=O)=C(O)[C@@H](N(C)C)[C@@H]3C[C@@H]1C2. The highest BCUT2D eigenvalue weighted by atomic mass is 16.3. The molecule has 4 rings (SSSR count). The molecular formula is C32H46N4O7. The summed E-state index contributed by atoms with van der Waals surface area (Å²) in [6.45, 7) is 6.37. The Morgan fingerprint density at radius 3 is 2.16 bits per heavy atom. The van der Waals surface area contributed by atoms with Crippen molar-refractivity contribution in [1.82, 2.24) is 9.80 Å². The van der Waals surface area contributed by atoms with Crippen LogP contribution in [-0.4, -0.2) is 101 Å². The Kier molecular flexibility index (Phi) is 9.30. The van der Waals surface area contributed by atoms with Gasteiger partial charge in [0.05, 0.1) is 11.6 Å². The molecule has 11 nitrogen and oxygen atoms in total. The third kappa shape index (κ3) is 5.32. The van der Waals surface area contributed by atoms with Crippen molar-refractivity contribution >= 4 is 23.2 Å². The highest BCUT2D eigenvalue weighted by Gasteiger charge is 2.63. The van der Waals surface area contributed by atoms with Crippen LogP contribution in [0, 0.1) is 11.8 Å². The van der Waals surface area contributed by atoms with E-state index in [1.807, 2.05) is 25.1 Å². The van der Waals surface area contributed by atoms with E-state index in [9.17, 15) is 34.8 Å². The summed E-state index contributed by atoms with van der Waals surface area (Å²) in [5.74, 6) is -6.42. The number of carbonyl (C=O) groups is 3. The first kappa shape index (κ1) is 32.5. The Morgan fingerprint density at radius 2 is 1.65 bits per heavy atom. The van der Waals surface area contributed by atoms with Gasteiger partial charge < -0.3 is 31.1 Å². The molecule has 0 spiro atoms. The number of aromatic hydroxyl groups is 1. The summed E-state index contributed by atoms with van der Waals surface area (Å²) in [5.41, 5.74) is 3.84. The summed E-state index contributed by atoms with van der Waals surface area (Å²) >= 11 is 0. The minimum atomic E-state index is -2.65. The number of likely N-dealkylation sites (N-methyl/N-ethyl adjacent to an activating group) is 1. The van der Waals surface area contributed by atoms with Gasteiger partial charge in [-0.25, -0.2) is 0 Å². The lowest BCUT2D eigenvalue weighted by Gasteiger charge is -2.50. The molecule has 236 valence electrons. The number of hydrogen-bond donors (Lipinski definition) is 5. The Hall–Kier alpha value is -3.41. The molecule has 11 heteroatoms. The molecule has 1 aromatic carbocycles. The molecule has 1 amide bonds. The predicted molar refractivity (Wildman–Crippen MR) is 163 cm³/mol. The van der Waals surface area contributed by atoms with Crippen LogP contribution in [0.4, 0.5) is 5.69 Å². The molecule has 3 aliphatic rings. The van der Waals surface area contributed by atoms with Crippen molar-refractivity contribution < 1.29 is 34.8 Å². The van der Waals surface area contributed by atoms with E-state index in [4.69, 9.17) is 5.73 Å². The van der Waals surface area contributed by atoms with Crippen molar-refractivity contribution in [3.63, 3.8) is 0 Å². The van der Waals surface area contributed by atoms with Gasteiger partial charge in [-0.15, -0.1) is 0 Å². The van der Waals surface area contributed by atoms with Gasteiger partial charge in [-0.05, 0) is 70.4 Å². The van der Waals surface area contributed by atoms with E-state index >= 15 is 0 Å². The van der Waals surface area contributed by atoms with Crippen LogP contribution in [0.25, 0.3) is 0 Å². The number of carbonyl (C=O) groups excluding carboxylic acids is 3. The zero-order chi connectivity index (χ0) is 32.0. The van der Waals surface area contributed by atoms with Crippen LogP contribution in [-0.2, 0) is 22.6 Å². The number of unbranched alkanes of at least 4 members (excludes halogenated alkanes) is 2. The van der Waals surface area contributed by atoms with Gasteiger partial charge in [0, 0.05) is 43.4 Å². The topological polar surface area (TPSA) is 168 Å². The number of amides is 1. The average Bonchev–Trinajstić information content (AvgIpc) is 2.92. The van der Waals surface area contributed by atoms with E-state index in [0.717, 1.165) is 44.5 Å². The Bertz CT molecular complexity index is 1370. The fraction of sp³-hybridized carbons (Fsp3) is 0.594. The summed E-state index contributed by atoms with van der Waals surface area (Å²) in [6.07, 6.45) is 4.36. The Labute approximate surface area is 253 Å². The van der Waals surface area contributed by atoms with Gasteiger partial charge in [0.25, 0.3) is 5.91 Å². The second-order valence-electron chi connectivity index (χ2n) is 12.6. The molecule has 0 aliphatic heterocycles. The minimum Gasteiger partial charge on any atom is -0.510 e. The number of aliphatic hydroxyl groups is 3. The molecule has 1 aromatic rings. The highest BCUT2D eigenvalue weighted by molar-refractivity contribution is 6.24. The smallest absolute Gasteiger partial charge is 0.255 e. The first-order chi connectivity index (χ1) is 20.2. The number of phenolic OH excluding ortho intramolecular Hbond substituents is 1. The zero-order valence-electron chi connectivity index (χ0n) is 26.1. The van der Waals surface area contributed by atoms with Crippen LogP contribution in [0.3, 0.4) is 0 Å². The van der Waals surface area contributed by atoms with E-state index in [1.54, 1.807) is 19.0 Å². The first-order valence-corrected chi connectivity index (χ1v) is 15.1. The van der Waals surface area contributed by atoms with Gasteiger partial charge >= 0.3 is 0 Å². The van der Waals surface area contributed by atoms with Gasteiger partial charge in [-0.2, -0.15) is 0 Å². The molecule has 0 heterocycles. The van der Waals surface area contributed by atoms with E-state index in [0.29, 0.717) is 17.7 Å². The number of fused-ring (bicyclic) bond motifs is 3. The monoisotopic (exact) mass is 598 g/mol. The summed E-state index contributed by atoms with van der Waals surface area (Å²) in [4.78, 5) is 45.7. The molecule has 0 unspecified atom stereocenters. The van der Waals surface area contributed by atoms with Crippen LogP contribution in [0.15, 0.2) is 28.7 Å². The van der Waals surface area contributed by atoms with Gasteiger partial charge in [0.1, 0.15) is 22.8 Å². The first-order valence-electron chi connectivity index (χ1n) is 15.1. The maximum absolute atomic E-state index is 14.3. The largest absolute Gasteiger partial charge is 0.510 e. The second-order valence-corrected chi connectivity index (χ2v) is 12.6. The Balaban J connectivity index is 1.88. The molecule has 6 N–H and O–H groups in total. The number of aliphatic hydroxyl groups excluding tert-OH is 2. The van der Waals surface area contributed by atoms with E-state index in [1.165, 1.54) is 0 Å². The van der Waals surface area contributed by atoms with Crippen molar-refractivity contribution in [1.29, 1.82) is 0 Å². The maximum Gasteiger partial charge on any atom is 0.255 e. The Morgan fingerprint density at radius 1 is 1.05 bits per heavy atom. The molecule has 43 heavy (non-hydrogen) atoms. The van der Waals surface area contributed by atoms with Crippen LogP contribution >= 0.6 is 0 Å². The zero-order valence-corrected chi connectivity index (χ0v) is 26.1. The molecule has 0 fully saturated rings. The van der Waals surface area contributed by atoms with Crippen molar-refractivity contribution in [2.24, 2.45) is 17.6 Å². The van der Waals surface area contributed by atoms with Crippen LogP contribution in [0.5, 0.6) is 5.75 Å². The minimum absolute atomic E-state index is 0.0490. The van der Waals surface area contributed by atoms with Crippen LogP contribution in [0.1, 0.15) is 67.4 Å². The lowest BCUT2D eigenvalue weighted by atomic mass is 9.58. The van der Waals surface area contributed by atoms with Gasteiger partial charge in [0.2, 0.25) is 5.78 Å². The number of primary amides is 1. The number of nitrogens with two attached hydrogens (primary N) is 1. The number of nitrogens with zero attached hydrogens (tertiary/aromatic N) is 3. The molecule has 0 radical (unpaired) electrons. The van der Waals surface area contributed by atoms with Crippen LogP contribution < -0.4 is 10.6 Å². The average molecular weight is 599 g/mol. The molecule has 0 bridgehead atoms. The van der Waals surface area contributed by atoms with Crippen molar-refractivity contribution in [3.8, 4) is 5.75 Å². The van der Waals surface area contributed by atoms with Crippen molar-refractivity contribution in [3.05, 3.63) is 45.4 Å². The summed E-state index contributed by atoms with van der Waals surface area (Å²) < 4.78 is 0. The van der Waals surface area contributed by atoms with Crippen LogP contribution in [0.2, 0.25) is 0 Å². The third-order valence-corrected chi connectivity index (χ3v) is 9.31. The molecule has 0 saturated carbocycles. The van der Waals surface area contributed by atoms with E-state index in [2.05, 4.69) is 18.7 Å². The number of anilines is 1.